The number of benzene rings is 1. The highest BCUT2D eigenvalue weighted by atomic mass is 32.2. The molecule has 0 radical (unpaired) electrons. The number of imidazole rings is 1. The number of hydrogen-bond donors (Lipinski definition) is 1. The summed E-state index contributed by atoms with van der Waals surface area (Å²) in [6.07, 6.45) is 2.27. The molecule has 0 aliphatic rings. The third-order valence-corrected chi connectivity index (χ3v) is 3.91. The Morgan fingerprint density at radius 3 is 2.94 bits per heavy atom. The number of para-hydroxylation sites is 2. The fraction of sp³-hybridized carbons (Fsp3) is 0.462. The monoisotopic (exact) mass is 234 g/mol. The zero-order valence-electron chi connectivity index (χ0n) is 9.86. The normalized spacial score (nSPS) is 13.1. The maximum Gasteiger partial charge on any atom is 0.108 e. The third-order valence-electron chi connectivity index (χ3n) is 2.53. The van der Waals surface area contributed by atoms with Crippen molar-refractivity contribution in [2.45, 2.75) is 31.9 Å². The van der Waals surface area contributed by atoms with E-state index >= 15 is 0 Å². The summed E-state index contributed by atoms with van der Waals surface area (Å²) in [7, 11) is 0. The highest BCUT2D eigenvalue weighted by Crippen LogP contribution is 2.17. The number of thioether (sulfide) groups is 1. The van der Waals surface area contributed by atoms with Gasteiger partial charge >= 0.3 is 0 Å². The summed E-state index contributed by atoms with van der Waals surface area (Å²) in [5, 5.41) is 0.639. The molecule has 1 aromatic heterocycles. The van der Waals surface area contributed by atoms with Gasteiger partial charge in [0.05, 0.1) is 11.0 Å². The first kappa shape index (κ1) is 11.5. The number of nitrogens with zero attached hydrogens (tertiary/aromatic N) is 1. The van der Waals surface area contributed by atoms with Gasteiger partial charge in [-0.1, -0.05) is 26.0 Å². The minimum atomic E-state index is 0.639. The van der Waals surface area contributed by atoms with Crippen LogP contribution in [0.3, 0.4) is 0 Å². The van der Waals surface area contributed by atoms with Gasteiger partial charge in [0.25, 0.3) is 0 Å². The highest BCUT2D eigenvalue weighted by Gasteiger charge is 2.07. The molecule has 0 aliphatic heterocycles. The van der Waals surface area contributed by atoms with Crippen molar-refractivity contribution in [2.75, 3.05) is 5.75 Å². The smallest absolute Gasteiger partial charge is 0.108 e. The lowest BCUT2D eigenvalue weighted by Crippen LogP contribution is -2.03. The van der Waals surface area contributed by atoms with Crippen LogP contribution in [0.25, 0.3) is 11.0 Å². The number of rotatable bonds is 5. The van der Waals surface area contributed by atoms with Crippen molar-refractivity contribution in [2.24, 2.45) is 0 Å². The summed E-state index contributed by atoms with van der Waals surface area (Å²) in [5.74, 6) is 2.35. The van der Waals surface area contributed by atoms with E-state index in [1.807, 2.05) is 23.9 Å². The summed E-state index contributed by atoms with van der Waals surface area (Å²) in [5.41, 5.74) is 2.22. The summed E-state index contributed by atoms with van der Waals surface area (Å²) in [6, 6.07) is 8.21. The third kappa shape index (κ3) is 2.79. The Morgan fingerprint density at radius 2 is 2.19 bits per heavy atom. The van der Waals surface area contributed by atoms with Gasteiger partial charge in [-0.25, -0.2) is 4.98 Å². The van der Waals surface area contributed by atoms with Gasteiger partial charge in [-0.15, -0.1) is 0 Å². The lowest BCUT2D eigenvalue weighted by molar-refractivity contribution is 0.876. The van der Waals surface area contributed by atoms with Crippen molar-refractivity contribution in [3.05, 3.63) is 30.1 Å². The van der Waals surface area contributed by atoms with Gasteiger partial charge in [0.2, 0.25) is 0 Å². The molecule has 2 aromatic rings. The molecule has 86 valence electrons. The van der Waals surface area contributed by atoms with Crippen LogP contribution in [0, 0.1) is 0 Å². The number of aromatic amines is 1. The lowest BCUT2D eigenvalue weighted by atomic mass is 10.3. The van der Waals surface area contributed by atoms with E-state index in [-0.39, 0.29) is 0 Å². The molecule has 0 spiro atoms. The van der Waals surface area contributed by atoms with E-state index in [2.05, 4.69) is 35.9 Å². The minimum absolute atomic E-state index is 0.639. The van der Waals surface area contributed by atoms with E-state index in [4.69, 9.17) is 0 Å². The van der Waals surface area contributed by atoms with Crippen molar-refractivity contribution in [3.63, 3.8) is 0 Å². The highest BCUT2D eigenvalue weighted by molar-refractivity contribution is 7.99. The molecule has 0 saturated heterocycles. The molecule has 1 atom stereocenters. The molecule has 3 heteroatoms. The van der Waals surface area contributed by atoms with Gasteiger partial charge in [0, 0.05) is 11.7 Å². The van der Waals surface area contributed by atoms with Gasteiger partial charge in [-0.05, 0) is 24.3 Å². The molecular formula is C13H18N2S. The number of fused-ring (bicyclic) bond motifs is 1. The molecule has 0 saturated carbocycles. The Bertz CT molecular complexity index is 417. The zero-order chi connectivity index (χ0) is 11.4. The molecular weight excluding hydrogens is 216 g/mol. The van der Waals surface area contributed by atoms with E-state index in [1.54, 1.807) is 0 Å². The average molecular weight is 234 g/mol. The molecule has 1 heterocycles. The molecule has 16 heavy (non-hydrogen) atoms. The summed E-state index contributed by atoms with van der Waals surface area (Å²) < 4.78 is 0. The Hall–Kier alpha value is -0.960. The average Bonchev–Trinajstić information content (AvgIpc) is 2.68. The van der Waals surface area contributed by atoms with Crippen LogP contribution in [-0.4, -0.2) is 21.0 Å². The van der Waals surface area contributed by atoms with Gasteiger partial charge in [0.15, 0.2) is 0 Å². The quantitative estimate of drug-likeness (QED) is 0.855. The van der Waals surface area contributed by atoms with Gasteiger partial charge in [-0.2, -0.15) is 11.8 Å². The molecule has 0 aliphatic carbocycles. The van der Waals surface area contributed by atoms with Crippen LogP contribution >= 0.6 is 11.8 Å². The largest absolute Gasteiger partial charge is 0.342 e. The Balaban J connectivity index is 2.03. The fourth-order valence-electron chi connectivity index (χ4n) is 1.75. The Kier molecular flexibility index (Phi) is 3.88. The van der Waals surface area contributed by atoms with Crippen molar-refractivity contribution in [1.29, 1.82) is 0 Å². The van der Waals surface area contributed by atoms with Crippen LogP contribution in [-0.2, 0) is 6.42 Å². The van der Waals surface area contributed by atoms with Gasteiger partial charge < -0.3 is 4.98 Å². The van der Waals surface area contributed by atoms with Crippen molar-refractivity contribution in [3.8, 4) is 0 Å². The fourth-order valence-corrected chi connectivity index (χ4v) is 2.67. The molecule has 0 unspecified atom stereocenters. The maximum atomic E-state index is 4.59. The molecule has 1 aromatic carbocycles. The first-order chi connectivity index (χ1) is 7.79. The Morgan fingerprint density at radius 1 is 1.38 bits per heavy atom. The number of hydrogen-bond acceptors (Lipinski definition) is 2. The molecule has 0 fully saturated rings. The SMILES string of the molecule is CCCS[C@@H](C)Cc1nc2ccccc2[nH]1. The predicted molar refractivity (Wildman–Crippen MR) is 72.0 cm³/mol. The predicted octanol–water partition coefficient (Wildman–Crippen LogP) is 3.64. The van der Waals surface area contributed by atoms with E-state index in [9.17, 15) is 0 Å². The van der Waals surface area contributed by atoms with Crippen LogP contribution in [0.4, 0.5) is 0 Å². The van der Waals surface area contributed by atoms with E-state index in [1.165, 1.54) is 12.2 Å². The van der Waals surface area contributed by atoms with E-state index in [0.717, 1.165) is 23.3 Å². The number of nitrogens with one attached hydrogen (secondary N) is 1. The summed E-state index contributed by atoms with van der Waals surface area (Å²) in [6.45, 7) is 4.49. The molecule has 0 amide bonds. The second-order valence-corrected chi connectivity index (χ2v) is 5.63. The van der Waals surface area contributed by atoms with Crippen LogP contribution in [0.5, 0.6) is 0 Å². The second kappa shape index (κ2) is 5.39. The second-order valence-electron chi connectivity index (χ2n) is 4.09. The summed E-state index contributed by atoms with van der Waals surface area (Å²) >= 11 is 2.02. The van der Waals surface area contributed by atoms with Gasteiger partial charge in [0.1, 0.15) is 5.82 Å². The number of aromatic nitrogens is 2. The van der Waals surface area contributed by atoms with Crippen molar-refractivity contribution < 1.29 is 0 Å². The molecule has 2 rings (SSSR count). The van der Waals surface area contributed by atoms with Crippen LogP contribution in [0.2, 0.25) is 0 Å². The topological polar surface area (TPSA) is 28.7 Å². The first-order valence-electron chi connectivity index (χ1n) is 5.85. The van der Waals surface area contributed by atoms with Crippen LogP contribution in [0.1, 0.15) is 26.1 Å². The zero-order valence-corrected chi connectivity index (χ0v) is 10.7. The van der Waals surface area contributed by atoms with E-state index in [0.29, 0.717) is 5.25 Å². The molecule has 2 nitrogen and oxygen atoms in total. The standard InChI is InChI=1S/C13H18N2S/c1-3-8-16-10(2)9-13-14-11-6-4-5-7-12(11)15-13/h4-7,10H,3,8-9H2,1-2H3,(H,14,15)/t10-/m0/s1. The van der Waals surface area contributed by atoms with Crippen molar-refractivity contribution in [1.82, 2.24) is 9.97 Å². The number of H-pyrrole nitrogens is 1. The first-order valence-corrected chi connectivity index (χ1v) is 6.89. The van der Waals surface area contributed by atoms with Crippen LogP contribution < -0.4 is 0 Å². The lowest BCUT2D eigenvalue weighted by Gasteiger charge is -2.07. The molecule has 0 bridgehead atoms. The van der Waals surface area contributed by atoms with E-state index < -0.39 is 0 Å². The maximum absolute atomic E-state index is 4.59. The van der Waals surface area contributed by atoms with Crippen LogP contribution in [0.15, 0.2) is 24.3 Å². The van der Waals surface area contributed by atoms with Crippen molar-refractivity contribution >= 4 is 22.8 Å². The minimum Gasteiger partial charge on any atom is -0.342 e. The van der Waals surface area contributed by atoms with Gasteiger partial charge in [-0.3, -0.25) is 0 Å². The molecule has 1 N–H and O–H groups in total. The summed E-state index contributed by atoms with van der Waals surface area (Å²) in [4.78, 5) is 7.97. The Labute approximate surface area is 101 Å².